The van der Waals surface area contributed by atoms with E-state index < -0.39 is 6.09 Å². The highest BCUT2D eigenvalue weighted by Gasteiger charge is 2.32. The molecule has 7 nitrogen and oxygen atoms in total. The normalized spacial score (nSPS) is 16.3. The number of carboxylic acid groups (broad SMARTS) is 1. The smallest absolute Gasteiger partial charge is 0.407 e. The number of carbonyl (C=O) groups excluding carboxylic acids is 1. The van der Waals surface area contributed by atoms with E-state index in [2.05, 4.69) is 4.98 Å². The van der Waals surface area contributed by atoms with Gasteiger partial charge in [-0.25, -0.2) is 9.78 Å². The van der Waals surface area contributed by atoms with Gasteiger partial charge in [0.2, 0.25) is 0 Å². The van der Waals surface area contributed by atoms with Crippen LogP contribution in [0, 0.1) is 0 Å². The van der Waals surface area contributed by atoms with Gasteiger partial charge in [0.05, 0.1) is 29.5 Å². The predicted octanol–water partition coefficient (Wildman–Crippen LogP) is 4.05. The van der Waals surface area contributed by atoms with Crippen molar-refractivity contribution in [3.8, 4) is 5.69 Å². The van der Waals surface area contributed by atoms with Crippen molar-refractivity contribution in [1.29, 1.82) is 0 Å². The summed E-state index contributed by atoms with van der Waals surface area (Å²) in [6.45, 7) is 2.26. The third kappa shape index (κ3) is 3.56. The van der Waals surface area contributed by atoms with E-state index in [4.69, 9.17) is 11.6 Å². The number of imidazole rings is 1. The largest absolute Gasteiger partial charge is 0.465 e. The van der Waals surface area contributed by atoms with Gasteiger partial charge in [-0.1, -0.05) is 29.8 Å². The molecule has 2 aromatic carbocycles. The number of benzene rings is 2. The number of nitrogens with zero attached hydrogens (tertiary/aromatic N) is 4. The summed E-state index contributed by atoms with van der Waals surface area (Å²) in [5, 5.41) is 9.88. The van der Waals surface area contributed by atoms with Crippen molar-refractivity contribution < 1.29 is 14.7 Å². The van der Waals surface area contributed by atoms with Crippen LogP contribution in [0.25, 0.3) is 5.69 Å². The number of aromatic nitrogens is 2. The Morgan fingerprint density at radius 2 is 2.00 bits per heavy atom. The van der Waals surface area contributed by atoms with Gasteiger partial charge >= 0.3 is 6.09 Å². The second kappa shape index (κ2) is 7.60. The average Bonchev–Trinajstić information content (AvgIpc) is 3.19. The molecule has 1 aliphatic heterocycles. The van der Waals surface area contributed by atoms with Crippen molar-refractivity contribution in [2.75, 3.05) is 11.4 Å². The maximum Gasteiger partial charge on any atom is 0.407 e. The Hall–Kier alpha value is -3.32. The van der Waals surface area contributed by atoms with Crippen molar-refractivity contribution in [1.82, 2.24) is 14.5 Å². The van der Waals surface area contributed by atoms with Gasteiger partial charge in [0.1, 0.15) is 0 Å². The van der Waals surface area contributed by atoms with E-state index in [1.807, 2.05) is 24.3 Å². The average molecular weight is 411 g/mol. The summed E-state index contributed by atoms with van der Waals surface area (Å²) >= 11 is 6.46. The first-order valence-corrected chi connectivity index (χ1v) is 9.50. The van der Waals surface area contributed by atoms with Crippen LogP contribution in [0.15, 0.2) is 61.2 Å². The minimum absolute atomic E-state index is 0.226. The Morgan fingerprint density at radius 1 is 1.21 bits per heavy atom. The molecule has 148 valence electrons. The molecule has 0 spiro atoms. The molecule has 0 radical (unpaired) electrons. The topological polar surface area (TPSA) is 78.7 Å². The van der Waals surface area contributed by atoms with Crippen molar-refractivity contribution >= 4 is 29.3 Å². The van der Waals surface area contributed by atoms with Crippen LogP contribution in [0.4, 0.5) is 10.5 Å². The van der Waals surface area contributed by atoms with Gasteiger partial charge in [-0.3, -0.25) is 9.69 Å². The van der Waals surface area contributed by atoms with Crippen LogP contribution in [0.5, 0.6) is 0 Å². The molecule has 29 heavy (non-hydrogen) atoms. The summed E-state index contributed by atoms with van der Waals surface area (Å²) in [5.41, 5.74) is 2.63. The lowest BCUT2D eigenvalue weighted by Crippen LogP contribution is -2.44. The Morgan fingerprint density at radius 3 is 2.69 bits per heavy atom. The zero-order valence-electron chi connectivity index (χ0n) is 15.7. The summed E-state index contributed by atoms with van der Waals surface area (Å²) in [6.07, 6.45) is 4.10. The molecule has 8 heteroatoms. The van der Waals surface area contributed by atoms with Crippen molar-refractivity contribution in [2.24, 2.45) is 0 Å². The van der Waals surface area contributed by atoms with Gasteiger partial charge in [0.15, 0.2) is 0 Å². The monoisotopic (exact) mass is 410 g/mol. The molecule has 0 fully saturated rings. The van der Waals surface area contributed by atoms with Gasteiger partial charge < -0.3 is 14.6 Å². The molecule has 0 aliphatic carbocycles. The Kier molecular flexibility index (Phi) is 4.98. The number of para-hydroxylation sites is 1. The first-order valence-electron chi connectivity index (χ1n) is 9.13. The van der Waals surface area contributed by atoms with Crippen molar-refractivity contribution in [2.45, 2.75) is 19.5 Å². The molecular formula is C21H19ClN4O3. The lowest BCUT2D eigenvalue weighted by atomic mass is 10.1. The van der Waals surface area contributed by atoms with Gasteiger partial charge in [-0.15, -0.1) is 0 Å². The van der Waals surface area contributed by atoms with Crippen LogP contribution >= 0.6 is 11.6 Å². The molecule has 3 aromatic rings. The number of rotatable bonds is 2. The molecule has 2 heterocycles. The zero-order chi connectivity index (χ0) is 20.5. The lowest BCUT2D eigenvalue weighted by Gasteiger charge is -2.27. The maximum atomic E-state index is 13.4. The van der Waals surface area contributed by atoms with Crippen molar-refractivity contribution in [3.63, 3.8) is 0 Å². The number of amides is 2. The Labute approximate surface area is 172 Å². The number of halogens is 1. The minimum atomic E-state index is -1.01. The van der Waals surface area contributed by atoms with Crippen molar-refractivity contribution in [3.05, 3.63) is 77.3 Å². The predicted molar refractivity (Wildman–Crippen MR) is 110 cm³/mol. The third-order valence-electron chi connectivity index (χ3n) is 5.08. The van der Waals surface area contributed by atoms with Crippen LogP contribution in [0.3, 0.4) is 0 Å². The molecule has 1 atom stereocenters. The minimum Gasteiger partial charge on any atom is -0.465 e. The van der Waals surface area contributed by atoms with E-state index in [9.17, 15) is 14.7 Å². The first kappa shape index (κ1) is 19.0. The fraction of sp³-hybridized carbons (Fsp3) is 0.190. The highest BCUT2D eigenvalue weighted by atomic mass is 35.5. The van der Waals surface area contributed by atoms with Crippen LogP contribution in [-0.4, -0.2) is 44.1 Å². The Balaban J connectivity index is 1.72. The highest BCUT2D eigenvalue weighted by molar-refractivity contribution is 6.34. The van der Waals surface area contributed by atoms with E-state index >= 15 is 0 Å². The molecule has 0 saturated carbocycles. The van der Waals surface area contributed by atoms with Crippen LogP contribution in [0.2, 0.25) is 5.02 Å². The molecule has 0 bridgehead atoms. The van der Waals surface area contributed by atoms with E-state index in [-0.39, 0.29) is 25.0 Å². The fourth-order valence-electron chi connectivity index (χ4n) is 3.55. The number of carbonyl (C=O) groups is 2. The zero-order valence-corrected chi connectivity index (χ0v) is 16.5. The maximum absolute atomic E-state index is 13.4. The summed E-state index contributed by atoms with van der Waals surface area (Å²) < 4.78 is 1.80. The number of fused-ring (bicyclic) bond motifs is 1. The van der Waals surface area contributed by atoms with Crippen LogP contribution < -0.4 is 4.90 Å². The van der Waals surface area contributed by atoms with Crippen LogP contribution in [0.1, 0.15) is 22.8 Å². The molecule has 4 rings (SSSR count). The molecule has 1 aromatic heterocycles. The lowest BCUT2D eigenvalue weighted by molar-refractivity contribution is 0.0970. The summed E-state index contributed by atoms with van der Waals surface area (Å²) in [5.74, 6) is -0.265. The van der Waals surface area contributed by atoms with E-state index in [0.29, 0.717) is 16.3 Å². The molecule has 0 saturated heterocycles. The fourth-order valence-corrected chi connectivity index (χ4v) is 3.81. The van der Waals surface area contributed by atoms with Gasteiger partial charge in [0.25, 0.3) is 5.91 Å². The second-order valence-electron chi connectivity index (χ2n) is 6.94. The first-order chi connectivity index (χ1) is 14.0. The van der Waals surface area contributed by atoms with E-state index in [0.717, 1.165) is 11.3 Å². The SMILES string of the molecule is C[C@@H]1CN(C(=O)c2ccc(-n3ccnc3)cc2Cl)c2ccccc2CN1C(=O)O. The van der Waals surface area contributed by atoms with E-state index in [1.165, 1.54) is 4.90 Å². The summed E-state index contributed by atoms with van der Waals surface area (Å²) in [7, 11) is 0. The summed E-state index contributed by atoms with van der Waals surface area (Å²) in [4.78, 5) is 32.1. The summed E-state index contributed by atoms with van der Waals surface area (Å²) in [6, 6.07) is 12.2. The molecule has 1 aliphatic rings. The Bertz CT molecular complexity index is 1070. The van der Waals surface area contributed by atoms with Gasteiger partial charge in [0, 0.05) is 30.3 Å². The number of hydrogen-bond donors (Lipinski definition) is 1. The molecule has 1 N–H and O–H groups in total. The molecule has 0 unspecified atom stereocenters. The highest BCUT2D eigenvalue weighted by Crippen LogP contribution is 2.30. The van der Waals surface area contributed by atoms with Gasteiger partial charge in [-0.05, 0) is 36.8 Å². The quantitative estimate of drug-likeness (QED) is 0.691. The van der Waals surface area contributed by atoms with E-state index in [1.54, 1.807) is 53.3 Å². The standard InChI is InChI=1S/C21H19ClN4O3/c1-14-11-26(19-5-3-2-4-15(19)12-25(14)21(28)29)20(27)17-7-6-16(10-18(17)22)24-9-8-23-13-24/h2-10,13-14H,11-12H2,1H3,(H,28,29)/t14-/m1/s1. The number of anilines is 1. The number of hydrogen-bond acceptors (Lipinski definition) is 3. The molecular weight excluding hydrogens is 392 g/mol. The second-order valence-corrected chi connectivity index (χ2v) is 7.35. The van der Waals surface area contributed by atoms with Crippen LogP contribution in [-0.2, 0) is 6.54 Å². The van der Waals surface area contributed by atoms with Gasteiger partial charge in [-0.2, -0.15) is 0 Å². The third-order valence-corrected chi connectivity index (χ3v) is 5.39. The molecule has 2 amide bonds.